The third kappa shape index (κ3) is 4.23. The summed E-state index contributed by atoms with van der Waals surface area (Å²) >= 11 is 0. The quantitative estimate of drug-likeness (QED) is 0.561. The van der Waals surface area contributed by atoms with Crippen molar-refractivity contribution in [3.8, 4) is 0 Å². The average Bonchev–Trinajstić information content (AvgIpc) is 2.68. The number of carbonyl (C=O) groups is 1. The van der Waals surface area contributed by atoms with Gasteiger partial charge in [0.2, 0.25) is 7.26 Å². The van der Waals surface area contributed by atoms with E-state index < -0.39 is 7.26 Å². The highest BCUT2D eigenvalue weighted by Crippen LogP contribution is 2.60. The van der Waals surface area contributed by atoms with E-state index in [4.69, 9.17) is 4.74 Å². The van der Waals surface area contributed by atoms with E-state index in [0.29, 0.717) is 12.8 Å². The molecule has 4 heteroatoms. The van der Waals surface area contributed by atoms with E-state index >= 15 is 0 Å². The Labute approximate surface area is 166 Å². The molecule has 134 valence electrons. The van der Waals surface area contributed by atoms with Crippen LogP contribution in [0.3, 0.4) is 0 Å². The Morgan fingerprint density at radius 1 is 0.769 bits per heavy atom. The summed E-state index contributed by atoms with van der Waals surface area (Å²) in [4.78, 5) is 13.3. The largest absolute Gasteiger partial charge is 1.00 e. The summed E-state index contributed by atoms with van der Waals surface area (Å²) in [5, 5.41) is 2.12. The Morgan fingerprint density at radius 2 is 1.19 bits per heavy atom. The van der Waals surface area contributed by atoms with Gasteiger partial charge in [-0.3, -0.25) is 0 Å². The fraction of sp³-hybridized carbons (Fsp3) is 0.136. The van der Waals surface area contributed by atoms with Gasteiger partial charge in [-0.25, -0.2) is 4.79 Å². The minimum Gasteiger partial charge on any atom is -1.00 e. The molecule has 0 saturated carbocycles. The van der Waals surface area contributed by atoms with Crippen molar-refractivity contribution >= 4 is 23.6 Å². The van der Waals surface area contributed by atoms with Crippen LogP contribution in [0.25, 0.3) is 0 Å². The van der Waals surface area contributed by atoms with Crippen molar-refractivity contribution in [3.63, 3.8) is 0 Å². The van der Waals surface area contributed by atoms with Crippen molar-refractivity contribution in [2.24, 2.45) is 0 Å². The van der Waals surface area contributed by atoms with Gasteiger partial charge in [0.15, 0.2) is 0 Å². The second-order valence-corrected chi connectivity index (χ2v) is 9.16. The molecule has 3 aromatic carbocycles. The molecule has 0 amide bonds. The second-order valence-electron chi connectivity index (χ2n) is 5.82. The summed E-state index contributed by atoms with van der Waals surface area (Å²) in [5.41, 5.74) is 1.05. The highest BCUT2D eigenvalue weighted by Gasteiger charge is 2.53. The van der Waals surface area contributed by atoms with Crippen LogP contribution >= 0.6 is 7.26 Å². The summed E-state index contributed by atoms with van der Waals surface area (Å²) in [5.74, 6) is 0. The molecule has 0 aliphatic carbocycles. The standard InChI is InChI=1S/C22H22O2P.BrH/c1-2-24-22(23)25(20-14-8-4-9-15-20,21-16-10-5-11-17-21)18-19-12-6-3-7-13-19;/h3-17H,2,18H2,1H3;1H/q+1;/p-1. The van der Waals surface area contributed by atoms with Crippen LogP contribution < -0.4 is 27.6 Å². The summed E-state index contributed by atoms with van der Waals surface area (Å²) in [7, 11) is -2.39. The highest BCUT2D eigenvalue weighted by molar-refractivity contribution is 8.01. The van der Waals surface area contributed by atoms with Crippen LogP contribution in [0.4, 0.5) is 4.79 Å². The normalized spacial score (nSPS) is 10.7. The van der Waals surface area contributed by atoms with Crippen molar-refractivity contribution in [3.05, 3.63) is 96.6 Å². The molecule has 0 saturated heterocycles. The maximum atomic E-state index is 13.3. The molecule has 0 spiro atoms. The average molecular weight is 429 g/mol. The zero-order chi connectivity index (χ0) is 17.5. The van der Waals surface area contributed by atoms with Gasteiger partial charge in [-0.05, 0) is 36.8 Å². The number of ether oxygens (including phenoxy) is 1. The van der Waals surface area contributed by atoms with Gasteiger partial charge in [-0.15, -0.1) is 0 Å². The van der Waals surface area contributed by atoms with Gasteiger partial charge in [-0.2, -0.15) is 0 Å². The van der Waals surface area contributed by atoms with Crippen LogP contribution in [0.1, 0.15) is 12.5 Å². The minimum absolute atomic E-state index is 0. The van der Waals surface area contributed by atoms with Crippen LogP contribution in [0.5, 0.6) is 0 Å². The van der Waals surface area contributed by atoms with Gasteiger partial charge >= 0.3 is 5.71 Å². The van der Waals surface area contributed by atoms with E-state index in [2.05, 4.69) is 36.4 Å². The Hall–Kier alpha value is -1.96. The lowest BCUT2D eigenvalue weighted by atomic mass is 10.2. The number of hydrogen-bond donors (Lipinski definition) is 0. The zero-order valence-electron chi connectivity index (χ0n) is 14.7. The van der Waals surface area contributed by atoms with Gasteiger partial charge < -0.3 is 21.7 Å². The van der Waals surface area contributed by atoms with Gasteiger partial charge in [0.05, 0.1) is 6.61 Å². The third-order valence-electron chi connectivity index (χ3n) is 4.24. The number of rotatable bonds is 6. The maximum Gasteiger partial charge on any atom is 0.461 e. The van der Waals surface area contributed by atoms with Gasteiger partial charge in [0.1, 0.15) is 16.8 Å². The number of halogens is 1. The van der Waals surface area contributed by atoms with Gasteiger partial charge in [0, 0.05) is 0 Å². The smallest absolute Gasteiger partial charge is 0.461 e. The number of hydrogen-bond acceptors (Lipinski definition) is 2. The molecular weight excluding hydrogens is 407 g/mol. The summed E-state index contributed by atoms with van der Waals surface area (Å²) in [6, 6.07) is 30.4. The monoisotopic (exact) mass is 428 g/mol. The van der Waals surface area contributed by atoms with E-state index in [0.717, 1.165) is 16.2 Å². The van der Waals surface area contributed by atoms with Gasteiger partial charge in [-0.1, -0.05) is 66.7 Å². The first-order valence-corrected chi connectivity index (χ1v) is 10.5. The molecule has 0 heterocycles. The van der Waals surface area contributed by atoms with E-state index in [-0.39, 0.29) is 22.7 Å². The van der Waals surface area contributed by atoms with Crippen molar-refractivity contribution in [1.82, 2.24) is 0 Å². The lowest BCUT2D eigenvalue weighted by molar-refractivity contribution is -0.00000972. The number of carbonyl (C=O) groups excluding carboxylic acids is 1. The molecule has 0 fully saturated rings. The molecule has 2 nitrogen and oxygen atoms in total. The summed E-state index contributed by atoms with van der Waals surface area (Å²) in [6.45, 7) is 2.25. The lowest BCUT2D eigenvalue weighted by Crippen LogP contribution is -3.00. The van der Waals surface area contributed by atoms with Crippen molar-refractivity contribution in [1.29, 1.82) is 0 Å². The first-order valence-electron chi connectivity index (χ1n) is 8.48. The fourth-order valence-corrected chi connectivity index (χ4v) is 6.75. The molecule has 3 rings (SSSR count). The van der Waals surface area contributed by atoms with Crippen molar-refractivity contribution in [2.45, 2.75) is 13.1 Å². The van der Waals surface area contributed by atoms with Gasteiger partial charge in [0.25, 0.3) is 0 Å². The SMILES string of the molecule is CCOC(=O)[P+](Cc1ccccc1)(c1ccccc1)c1ccccc1.[Br-]. The summed E-state index contributed by atoms with van der Waals surface area (Å²) < 4.78 is 5.60. The molecule has 0 radical (unpaired) electrons. The third-order valence-corrected chi connectivity index (χ3v) is 8.19. The number of benzene rings is 3. The Kier molecular flexibility index (Phi) is 7.56. The van der Waals surface area contributed by atoms with E-state index in [1.807, 2.05) is 61.5 Å². The van der Waals surface area contributed by atoms with E-state index in [1.54, 1.807) is 0 Å². The minimum atomic E-state index is -2.39. The molecule has 0 bridgehead atoms. The molecule has 0 atom stereocenters. The lowest BCUT2D eigenvalue weighted by Gasteiger charge is -2.24. The topological polar surface area (TPSA) is 26.3 Å². The molecule has 3 aromatic rings. The molecule has 0 aromatic heterocycles. The van der Waals surface area contributed by atoms with E-state index in [9.17, 15) is 4.79 Å². The summed E-state index contributed by atoms with van der Waals surface area (Å²) in [6.07, 6.45) is 0.667. The van der Waals surface area contributed by atoms with Crippen LogP contribution in [0, 0.1) is 0 Å². The molecule has 26 heavy (non-hydrogen) atoms. The highest BCUT2D eigenvalue weighted by atomic mass is 79.9. The van der Waals surface area contributed by atoms with Crippen LogP contribution in [0.2, 0.25) is 0 Å². The zero-order valence-corrected chi connectivity index (χ0v) is 17.2. The fourth-order valence-electron chi connectivity index (χ4n) is 3.06. The molecule has 0 unspecified atom stereocenters. The van der Waals surface area contributed by atoms with Crippen LogP contribution in [-0.4, -0.2) is 12.3 Å². The maximum absolute atomic E-state index is 13.3. The van der Waals surface area contributed by atoms with Crippen molar-refractivity contribution in [2.75, 3.05) is 6.61 Å². The molecular formula is C22H22BrO2P. The molecule has 0 aliphatic rings. The van der Waals surface area contributed by atoms with Crippen LogP contribution in [-0.2, 0) is 10.9 Å². The Morgan fingerprint density at radius 3 is 1.62 bits per heavy atom. The Balaban J connectivity index is 0.00000243. The predicted molar refractivity (Wildman–Crippen MR) is 106 cm³/mol. The Bertz CT molecular complexity index is 768. The first kappa shape index (κ1) is 20.4. The molecule has 0 aliphatic heterocycles. The predicted octanol–water partition coefficient (Wildman–Crippen LogP) is 2.02. The second kappa shape index (κ2) is 9.66. The van der Waals surface area contributed by atoms with E-state index in [1.165, 1.54) is 0 Å². The molecule has 0 N–H and O–H groups in total. The van der Waals surface area contributed by atoms with Crippen LogP contribution in [0.15, 0.2) is 91.0 Å². The van der Waals surface area contributed by atoms with Crippen molar-refractivity contribution < 1.29 is 26.5 Å². The first-order chi connectivity index (χ1) is 12.3.